The van der Waals surface area contributed by atoms with Gasteiger partial charge in [0.25, 0.3) is 5.91 Å². The zero-order valence-corrected chi connectivity index (χ0v) is 18.8. The van der Waals surface area contributed by atoms with Gasteiger partial charge in [-0.2, -0.15) is 0 Å². The maximum atomic E-state index is 13.1. The van der Waals surface area contributed by atoms with Crippen LogP contribution in [-0.4, -0.2) is 48.2 Å². The first kappa shape index (κ1) is 21.6. The number of carbonyl (C=O) groups excluding carboxylic acids is 1. The number of benzene rings is 2. The van der Waals surface area contributed by atoms with Gasteiger partial charge in [-0.25, -0.2) is 4.98 Å². The Morgan fingerprint density at radius 3 is 2.52 bits per heavy atom. The van der Waals surface area contributed by atoms with Crippen LogP contribution in [0.1, 0.15) is 19.4 Å². The SMILES string of the molecule is CCN(CC)CCN(C(=O)/C=C/c1ccccc1)c1nc2c(SC)cccc2s1. The van der Waals surface area contributed by atoms with Gasteiger partial charge in [0.15, 0.2) is 5.13 Å². The quantitative estimate of drug-likeness (QED) is 0.339. The van der Waals surface area contributed by atoms with E-state index in [4.69, 9.17) is 4.98 Å². The average Bonchev–Trinajstić information content (AvgIpc) is 3.20. The van der Waals surface area contributed by atoms with Crippen LogP contribution in [0.4, 0.5) is 5.13 Å². The molecule has 6 heteroatoms. The number of aromatic nitrogens is 1. The molecule has 2 aromatic carbocycles. The van der Waals surface area contributed by atoms with E-state index in [1.807, 2.05) is 47.4 Å². The smallest absolute Gasteiger partial charge is 0.252 e. The molecule has 0 saturated carbocycles. The number of amides is 1. The zero-order valence-electron chi connectivity index (χ0n) is 17.2. The van der Waals surface area contributed by atoms with Gasteiger partial charge >= 0.3 is 0 Å². The van der Waals surface area contributed by atoms with Gasteiger partial charge in [0.1, 0.15) is 0 Å². The molecular formula is C23H27N3OS2. The van der Waals surface area contributed by atoms with Gasteiger partial charge in [-0.15, -0.1) is 11.8 Å². The summed E-state index contributed by atoms with van der Waals surface area (Å²) in [7, 11) is 0. The molecule has 0 spiro atoms. The van der Waals surface area contributed by atoms with E-state index in [1.165, 1.54) is 0 Å². The van der Waals surface area contributed by atoms with Crippen LogP contribution >= 0.6 is 23.1 Å². The third-order valence-electron chi connectivity index (χ3n) is 4.84. The second-order valence-corrected chi connectivity index (χ2v) is 8.42. The molecule has 0 aliphatic heterocycles. The highest BCUT2D eigenvalue weighted by atomic mass is 32.2. The highest BCUT2D eigenvalue weighted by molar-refractivity contribution is 7.98. The summed E-state index contributed by atoms with van der Waals surface area (Å²) in [6, 6.07) is 16.1. The van der Waals surface area contributed by atoms with Crippen molar-refractivity contribution in [3.63, 3.8) is 0 Å². The minimum atomic E-state index is -0.0363. The second kappa shape index (κ2) is 10.6. The van der Waals surface area contributed by atoms with Crippen LogP contribution in [0.2, 0.25) is 0 Å². The highest BCUT2D eigenvalue weighted by Gasteiger charge is 2.19. The number of thiazole rings is 1. The van der Waals surface area contributed by atoms with Crippen molar-refractivity contribution in [2.45, 2.75) is 18.7 Å². The van der Waals surface area contributed by atoms with E-state index < -0.39 is 0 Å². The summed E-state index contributed by atoms with van der Waals surface area (Å²) in [6.45, 7) is 7.67. The molecule has 0 fully saturated rings. The molecule has 4 nitrogen and oxygen atoms in total. The van der Waals surface area contributed by atoms with Gasteiger partial charge in [0.05, 0.1) is 10.2 Å². The van der Waals surface area contributed by atoms with Crippen molar-refractivity contribution in [1.82, 2.24) is 9.88 Å². The number of hydrogen-bond donors (Lipinski definition) is 0. The predicted molar refractivity (Wildman–Crippen MR) is 127 cm³/mol. The number of hydrogen-bond acceptors (Lipinski definition) is 5. The van der Waals surface area contributed by atoms with E-state index in [-0.39, 0.29) is 5.91 Å². The summed E-state index contributed by atoms with van der Waals surface area (Å²) in [5, 5.41) is 0.761. The first-order valence-electron chi connectivity index (χ1n) is 9.86. The Labute approximate surface area is 181 Å². The van der Waals surface area contributed by atoms with E-state index in [0.717, 1.165) is 45.4 Å². The lowest BCUT2D eigenvalue weighted by Crippen LogP contribution is -2.38. The Bertz CT molecular complexity index is 965. The van der Waals surface area contributed by atoms with Crippen LogP contribution in [0.15, 0.2) is 59.5 Å². The van der Waals surface area contributed by atoms with Gasteiger partial charge in [-0.05, 0) is 43.1 Å². The minimum absolute atomic E-state index is 0.0363. The largest absolute Gasteiger partial charge is 0.302 e. The number of para-hydroxylation sites is 1. The van der Waals surface area contributed by atoms with Crippen LogP contribution in [0.3, 0.4) is 0 Å². The van der Waals surface area contributed by atoms with Crippen LogP contribution in [-0.2, 0) is 4.79 Å². The van der Waals surface area contributed by atoms with Crippen LogP contribution in [0.5, 0.6) is 0 Å². The Morgan fingerprint density at radius 1 is 1.07 bits per heavy atom. The summed E-state index contributed by atoms with van der Waals surface area (Å²) in [4.78, 5) is 23.2. The summed E-state index contributed by atoms with van der Waals surface area (Å²) in [5.41, 5.74) is 1.99. The van der Waals surface area contributed by atoms with E-state index in [9.17, 15) is 4.79 Å². The lowest BCUT2D eigenvalue weighted by atomic mass is 10.2. The predicted octanol–water partition coefficient (Wildman–Crippen LogP) is 5.41. The third kappa shape index (κ3) is 5.47. The Morgan fingerprint density at radius 2 is 1.83 bits per heavy atom. The highest BCUT2D eigenvalue weighted by Crippen LogP contribution is 2.34. The van der Waals surface area contributed by atoms with Crippen molar-refractivity contribution in [3.05, 3.63) is 60.2 Å². The number of carbonyl (C=O) groups is 1. The van der Waals surface area contributed by atoms with Gasteiger partial charge in [0.2, 0.25) is 0 Å². The molecule has 0 aliphatic rings. The third-order valence-corrected chi connectivity index (χ3v) is 6.65. The number of thioether (sulfide) groups is 1. The number of fused-ring (bicyclic) bond motifs is 1. The van der Waals surface area contributed by atoms with E-state index in [2.05, 4.69) is 37.1 Å². The molecule has 0 saturated heterocycles. The molecule has 0 aliphatic carbocycles. The lowest BCUT2D eigenvalue weighted by molar-refractivity contribution is -0.114. The fraction of sp³-hybridized carbons (Fsp3) is 0.304. The summed E-state index contributed by atoms with van der Waals surface area (Å²) in [5.74, 6) is -0.0363. The molecule has 0 radical (unpaired) electrons. The zero-order chi connectivity index (χ0) is 20.6. The summed E-state index contributed by atoms with van der Waals surface area (Å²) < 4.78 is 1.11. The van der Waals surface area contributed by atoms with Crippen molar-refractivity contribution in [2.75, 3.05) is 37.3 Å². The Kier molecular flexibility index (Phi) is 7.86. The van der Waals surface area contributed by atoms with Crippen LogP contribution in [0, 0.1) is 0 Å². The maximum absolute atomic E-state index is 13.1. The molecule has 0 unspecified atom stereocenters. The van der Waals surface area contributed by atoms with E-state index in [0.29, 0.717) is 6.54 Å². The van der Waals surface area contributed by atoms with Gasteiger partial charge in [-0.3, -0.25) is 9.69 Å². The van der Waals surface area contributed by atoms with Crippen molar-refractivity contribution in [1.29, 1.82) is 0 Å². The molecule has 0 atom stereocenters. The molecule has 1 amide bonds. The molecule has 152 valence electrons. The molecule has 3 rings (SSSR count). The van der Waals surface area contributed by atoms with Gasteiger partial charge in [0, 0.05) is 24.1 Å². The fourth-order valence-corrected chi connectivity index (χ4v) is 4.75. The van der Waals surface area contributed by atoms with Crippen molar-refractivity contribution < 1.29 is 4.79 Å². The standard InChI is InChI=1S/C23H27N3OS2/c1-4-25(5-2)16-17-26(21(27)15-14-18-10-7-6-8-11-18)23-24-22-19(28-3)12-9-13-20(22)29-23/h6-15H,4-5,16-17H2,1-3H3/b15-14+. The normalized spacial score (nSPS) is 11.6. The number of nitrogens with zero attached hydrogens (tertiary/aromatic N) is 3. The molecule has 0 bridgehead atoms. The first-order valence-corrected chi connectivity index (χ1v) is 11.9. The topological polar surface area (TPSA) is 36.4 Å². The molecule has 0 N–H and O–H groups in total. The molecule has 1 aromatic heterocycles. The van der Waals surface area contributed by atoms with E-state index >= 15 is 0 Å². The fourth-order valence-electron chi connectivity index (χ4n) is 3.09. The van der Waals surface area contributed by atoms with Crippen LogP contribution in [0.25, 0.3) is 16.3 Å². The number of anilines is 1. The minimum Gasteiger partial charge on any atom is -0.302 e. The first-order chi connectivity index (χ1) is 14.2. The van der Waals surface area contributed by atoms with Crippen molar-refractivity contribution in [2.24, 2.45) is 0 Å². The monoisotopic (exact) mass is 425 g/mol. The molecule has 1 heterocycles. The maximum Gasteiger partial charge on any atom is 0.252 e. The summed E-state index contributed by atoms with van der Waals surface area (Å²) >= 11 is 3.26. The number of rotatable bonds is 9. The van der Waals surface area contributed by atoms with Gasteiger partial charge < -0.3 is 4.90 Å². The lowest BCUT2D eigenvalue weighted by Gasteiger charge is -2.23. The van der Waals surface area contributed by atoms with Crippen molar-refractivity contribution in [3.8, 4) is 0 Å². The Hall–Kier alpha value is -2.15. The van der Waals surface area contributed by atoms with E-state index in [1.54, 1.807) is 29.2 Å². The van der Waals surface area contributed by atoms with Crippen LogP contribution < -0.4 is 4.90 Å². The van der Waals surface area contributed by atoms with Crippen molar-refractivity contribution >= 4 is 50.4 Å². The molecule has 3 aromatic rings. The second-order valence-electron chi connectivity index (χ2n) is 6.56. The molecular weight excluding hydrogens is 398 g/mol. The van der Waals surface area contributed by atoms with Gasteiger partial charge in [-0.1, -0.05) is 61.6 Å². The number of likely N-dealkylation sites (N-methyl/N-ethyl adjacent to an activating group) is 1. The average molecular weight is 426 g/mol. The molecule has 29 heavy (non-hydrogen) atoms. The summed E-state index contributed by atoms with van der Waals surface area (Å²) in [6.07, 6.45) is 5.58. The Balaban J connectivity index is 1.90.